The summed E-state index contributed by atoms with van der Waals surface area (Å²) in [7, 11) is 0. The van der Waals surface area contributed by atoms with E-state index < -0.39 is 24.4 Å². The first-order valence-electron chi connectivity index (χ1n) is 14.2. The zero-order valence-electron chi connectivity index (χ0n) is 24.4. The number of nitrogens with one attached hydrogen (secondary N) is 2. The van der Waals surface area contributed by atoms with Crippen LogP contribution >= 0.6 is 27.5 Å². The Hall–Kier alpha value is -4.82. The van der Waals surface area contributed by atoms with Crippen LogP contribution < -0.4 is 15.7 Å². The van der Waals surface area contributed by atoms with E-state index >= 15 is 0 Å². The first-order valence-corrected chi connectivity index (χ1v) is 15.4. The molecule has 1 aliphatic heterocycles. The number of aromatic amines is 1. The molecule has 0 saturated carbocycles. The van der Waals surface area contributed by atoms with Gasteiger partial charge in [-0.15, -0.1) is 0 Å². The number of rotatable bonds is 8. The lowest BCUT2D eigenvalue weighted by Crippen LogP contribution is -2.41. The molecule has 1 aliphatic rings. The molecule has 2 N–H and O–H groups in total. The molecule has 242 valence electrons. The molecule has 3 aromatic carbocycles. The molecule has 0 saturated heterocycles. The molecule has 6 rings (SSSR count). The van der Waals surface area contributed by atoms with E-state index in [1.165, 1.54) is 44.4 Å². The summed E-state index contributed by atoms with van der Waals surface area (Å²) >= 11 is 9.55. The minimum Gasteiger partial charge on any atom is -0.484 e. The van der Waals surface area contributed by atoms with Crippen LogP contribution in [-0.2, 0) is 19.6 Å². The van der Waals surface area contributed by atoms with Crippen molar-refractivity contribution in [2.24, 2.45) is 0 Å². The summed E-state index contributed by atoms with van der Waals surface area (Å²) in [5.74, 6) is -0.379. The molecule has 0 fully saturated rings. The Bertz CT molecular complexity index is 2010. The van der Waals surface area contributed by atoms with E-state index in [0.717, 1.165) is 11.1 Å². The van der Waals surface area contributed by atoms with Crippen LogP contribution in [-0.4, -0.2) is 55.1 Å². The fraction of sp³-hybridized carbons (Fsp3) is 0.188. The SMILES string of the molecule is O=C(NCc1ccccc1-c1ncc[nH]1)c1c2n(c(=O)n1-c1ccc(OCC(F)(F)F)cc1)CCN(C(=O)c1ccc(Br)c(Cl)c1)C2. The monoisotopic (exact) mass is 728 g/mol. The average molecular weight is 730 g/mol. The second-order valence-corrected chi connectivity index (χ2v) is 11.9. The van der Waals surface area contributed by atoms with Crippen LogP contribution in [0.15, 0.2) is 88.4 Å². The van der Waals surface area contributed by atoms with E-state index in [2.05, 4.69) is 31.2 Å². The van der Waals surface area contributed by atoms with Crippen molar-refractivity contribution in [2.45, 2.75) is 25.8 Å². The highest BCUT2D eigenvalue weighted by Crippen LogP contribution is 2.27. The summed E-state index contributed by atoms with van der Waals surface area (Å²) in [6.07, 6.45) is -1.22. The number of alkyl halides is 3. The van der Waals surface area contributed by atoms with Gasteiger partial charge in [-0.25, -0.2) is 9.78 Å². The maximum atomic E-state index is 14.0. The zero-order valence-corrected chi connectivity index (χ0v) is 26.7. The van der Waals surface area contributed by atoms with E-state index in [0.29, 0.717) is 26.6 Å². The molecule has 5 aromatic rings. The van der Waals surface area contributed by atoms with E-state index in [1.54, 1.807) is 24.5 Å². The molecule has 0 atom stereocenters. The highest BCUT2D eigenvalue weighted by atomic mass is 79.9. The quantitative estimate of drug-likeness (QED) is 0.204. The number of amides is 2. The first-order chi connectivity index (χ1) is 22.5. The molecule has 0 unspecified atom stereocenters. The number of fused-ring (bicyclic) bond motifs is 1. The van der Waals surface area contributed by atoms with Gasteiger partial charge in [0.1, 0.15) is 17.3 Å². The summed E-state index contributed by atoms with van der Waals surface area (Å²) in [5.41, 5.74) is 1.84. The minimum absolute atomic E-state index is 0.0132. The van der Waals surface area contributed by atoms with Crippen LogP contribution in [0.3, 0.4) is 0 Å². The van der Waals surface area contributed by atoms with Gasteiger partial charge in [0.15, 0.2) is 6.61 Å². The summed E-state index contributed by atoms with van der Waals surface area (Å²) in [6.45, 7) is -1.17. The van der Waals surface area contributed by atoms with Crippen molar-refractivity contribution >= 4 is 39.3 Å². The van der Waals surface area contributed by atoms with Crippen molar-refractivity contribution in [3.05, 3.63) is 122 Å². The van der Waals surface area contributed by atoms with Gasteiger partial charge in [0.25, 0.3) is 11.8 Å². The number of ether oxygens (including phenoxy) is 1. The second kappa shape index (κ2) is 13.1. The number of aromatic nitrogens is 4. The lowest BCUT2D eigenvalue weighted by molar-refractivity contribution is -0.153. The maximum Gasteiger partial charge on any atom is 0.422 e. The number of H-pyrrole nitrogens is 1. The molecule has 2 amide bonds. The van der Waals surface area contributed by atoms with Crippen molar-refractivity contribution in [3.63, 3.8) is 0 Å². The van der Waals surface area contributed by atoms with E-state index in [4.69, 9.17) is 16.3 Å². The summed E-state index contributed by atoms with van der Waals surface area (Å²) in [6, 6.07) is 17.6. The molecular weight excluding hydrogens is 705 g/mol. The number of nitrogens with zero attached hydrogens (tertiary/aromatic N) is 4. The van der Waals surface area contributed by atoms with Gasteiger partial charge in [-0.2, -0.15) is 13.2 Å². The fourth-order valence-corrected chi connectivity index (χ4v) is 5.78. The zero-order chi connectivity index (χ0) is 33.3. The molecule has 47 heavy (non-hydrogen) atoms. The van der Waals surface area contributed by atoms with Gasteiger partial charge in [-0.05, 0) is 64.0 Å². The predicted molar refractivity (Wildman–Crippen MR) is 171 cm³/mol. The number of carbonyl (C=O) groups excluding carboxylic acids is 2. The minimum atomic E-state index is -4.53. The predicted octanol–water partition coefficient (Wildman–Crippen LogP) is 5.97. The third-order valence-electron chi connectivity index (χ3n) is 7.56. The van der Waals surface area contributed by atoms with Gasteiger partial charge in [0.2, 0.25) is 0 Å². The number of benzene rings is 3. The Balaban J connectivity index is 1.35. The lowest BCUT2D eigenvalue weighted by Gasteiger charge is -2.28. The Morgan fingerprint density at radius 2 is 1.83 bits per heavy atom. The number of hydrogen-bond acceptors (Lipinski definition) is 5. The third kappa shape index (κ3) is 6.83. The van der Waals surface area contributed by atoms with Crippen molar-refractivity contribution in [3.8, 4) is 22.8 Å². The fourth-order valence-electron chi connectivity index (χ4n) is 5.35. The Morgan fingerprint density at radius 3 is 2.53 bits per heavy atom. The van der Waals surface area contributed by atoms with Crippen LogP contribution in [0.5, 0.6) is 5.75 Å². The topological polar surface area (TPSA) is 114 Å². The van der Waals surface area contributed by atoms with Crippen LogP contribution in [0.4, 0.5) is 13.2 Å². The van der Waals surface area contributed by atoms with Gasteiger partial charge in [0, 0.05) is 47.6 Å². The smallest absolute Gasteiger partial charge is 0.422 e. The molecular formula is C32H25BrClF3N6O4. The molecule has 0 aliphatic carbocycles. The van der Waals surface area contributed by atoms with Crippen molar-refractivity contribution in [1.29, 1.82) is 0 Å². The number of hydrogen-bond donors (Lipinski definition) is 2. The van der Waals surface area contributed by atoms with Crippen LogP contribution in [0.1, 0.15) is 32.1 Å². The van der Waals surface area contributed by atoms with Gasteiger partial charge >= 0.3 is 11.9 Å². The van der Waals surface area contributed by atoms with Gasteiger partial charge < -0.3 is 19.9 Å². The largest absolute Gasteiger partial charge is 0.484 e. The summed E-state index contributed by atoms with van der Waals surface area (Å²) in [5, 5.41) is 3.25. The van der Waals surface area contributed by atoms with Crippen molar-refractivity contribution in [1.82, 2.24) is 29.3 Å². The maximum absolute atomic E-state index is 14.0. The first kappa shape index (κ1) is 32.1. The third-order valence-corrected chi connectivity index (χ3v) is 8.79. The average Bonchev–Trinajstić information content (AvgIpc) is 3.70. The molecule has 2 aromatic heterocycles. The summed E-state index contributed by atoms with van der Waals surface area (Å²) < 4.78 is 46.1. The van der Waals surface area contributed by atoms with Crippen LogP contribution in [0.25, 0.3) is 17.1 Å². The number of carbonyl (C=O) groups is 2. The molecule has 0 bridgehead atoms. The van der Waals surface area contributed by atoms with Crippen LogP contribution in [0, 0.1) is 0 Å². The highest BCUT2D eigenvalue weighted by molar-refractivity contribution is 9.10. The normalized spacial score (nSPS) is 12.9. The van der Waals surface area contributed by atoms with Gasteiger partial charge in [0.05, 0.1) is 22.9 Å². The van der Waals surface area contributed by atoms with E-state index in [1.807, 2.05) is 24.3 Å². The molecule has 0 radical (unpaired) electrons. The van der Waals surface area contributed by atoms with E-state index in [-0.39, 0.29) is 49.2 Å². The van der Waals surface area contributed by atoms with Crippen molar-refractivity contribution in [2.75, 3.05) is 13.2 Å². The summed E-state index contributed by atoms with van der Waals surface area (Å²) in [4.78, 5) is 50.2. The Labute approximate surface area is 278 Å². The number of halogens is 5. The standard InChI is InChI=1S/C32H25BrClF3N6O4/c33-24-10-5-19(15-25(24)34)30(45)41-13-14-42-26(17-41)27(29(44)40-16-20-3-1-2-4-23(20)28-38-11-12-39-28)43(31(42)46)21-6-8-22(9-7-21)47-18-32(35,36)37/h1-12,15H,13-14,16-18H2,(H,38,39)(H,40,44). The molecule has 3 heterocycles. The molecule has 10 nitrogen and oxygen atoms in total. The lowest BCUT2D eigenvalue weighted by atomic mass is 10.1. The second-order valence-electron chi connectivity index (χ2n) is 10.6. The Kier molecular flexibility index (Phi) is 8.97. The van der Waals surface area contributed by atoms with E-state index in [9.17, 15) is 27.6 Å². The molecule has 15 heteroatoms. The van der Waals surface area contributed by atoms with Gasteiger partial charge in [-0.1, -0.05) is 35.9 Å². The van der Waals surface area contributed by atoms with Gasteiger partial charge in [-0.3, -0.25) is 18.7 Å². The number of imidazole rings is 2. The van der Waals surface area contributed by atoms with Crippen molar-refractivity contribution < 1.29 is 27.5 Å². The van der Waals surface area contributed by atoms with Crippen LogP contribution in [0.2, 0.25) is 5.02 Å². The molecule has 0 spiro atoms. The highest BCUT2D eigenvalue weighted by Gasteiger charge is 2.33. The Morgan fingerprint density at radius 1 is 1.06 bits per heavy atom.